The van der Waals surface area contributed by atoms with E-state index in [0.717, 1.165) is 22.0 Å². The second kappa shape index (κ2) is 6.17. The summed E-state index contributed by atoms with van der Waals surface area (Å²) in [5.41, 5.74) is 4.18. The fourth-order valence-electron chi connectivity index (χ4n) is 2.94. The number of aryl methyl sites for hydroxylation is 3. The number of fused-ring (bicyclic) bond motifs is 2. The number of hydrogen-bond acceptors (Lipinski definition) is 5. The van der Waals surface area contributed by atoms with Crippen molar-refractivity contribution in [2.45, 2.75) is 25.7 Å². The zero-order chi connectivity index (χ0) is 19.3. The second-order valence-electron chi connectivity index (χ2n) is 6.33. The standard InChI is InChI=1S/C18H16ClN5O2S/c1-10-7-15(14-5-4-6-20-17(14)11(10)2)23-27(25,26)13-8-21-18-16(19)12(3)22-24(18)9-13/h4-9,23H,1-3H3. The number of nitrogens with zero attached hydrogens (tertiary/aromatic N) is 4. The van der Waals surface area contributed by atoms with E-state index in [-0.39, 0.29) is 4.90 Å². The maximum atomic E-state index is 12.9. The molecular formula is C18H16ClN5O2S. The van der Waals surface area contributed by atoms with Crippen LogP contribution in [0.1, 0.15) is 16.8 Å². The average molecular weight is 402 g/mol. The smallest absolute Gasteiger partial charge is 0.264 e. The number of aromatic nitrogens is 4. The van der Waals surface area contributed by atoms with Gasteiger partial charge in [0, 0.05) is 11.6 Å². The minimum Gasteiger partial charge on any atom is -0.279 e. The van der Waals surface area contributed by atoms with Gasteiger partial charge in [-0.1, -0.05) is 11.6 Å². The van der Waals surface area contributed by atoms with Gasteiger partial charge in [0.15, 0.2) is 5.65 Å². The first-order valence-corrected chi connectivity index (χ1v) is 10.0. The van der Waals surface area contributed by atoms with E-state index in [1.165, 1.54) is 16.9 Å². The third kappa shape index (κ3) is 2.90. The molecule has 0 spiro atoms. The molecule has 0 bridgehead atoms. The van der Waals surface area contributed by atoms with Crippen molar-refractivity contribution in [1.29, 1.82) is 0 Å². The van der Waals surface area contributed by atoms with Crippen LogP contribution in [-0.2, 0) is 10.0 Å². The molecule has 0 fully saturated rings. The summed E-state index contributed by atoms with van der Waals surface area (Å²) in [5.74, 6) is 0. The number of hydrogen-bond donors (Lipinski definition) is 1. The minimum absolute atomic E-state index is 0.00978. The zero-order valence-corrected chi connectivity index (χ0v) is 16.4. The van der Waals surface area contributed by atoms with E-state index in [2.05, 4.69) is 19.8 Å². The van der Waals surface area contributed by atoms with E-state index in [0.29, 0.717) is 22.1 Å². The monoisotopic (exact) mass is 401 g/mol. The molecule has 0 aliphatic carbocycles. The van der Waals surface area contributed by atoms with Crippen LogP contribution in [0.3, 0.4) is 0 Å². The van der Waals surface area contributed by atoms with E-state index < -0.39 is 10.0 Å². The Kier molecular flexibility index (Phi) is 4.05. The maximum absolute atomic E-state index is 12.9. The highest BCUT2D eigenvalue weighted by atomic mass is 35.5. The van der Waals surface area contributed by atoms with Crippen molar-refractivity contribution in [1.82, 2.24) is 19.6 Å². The Hall–Kier alpha value is -2.71. The summed E-state index contributed by atoms with van der Waals surface area (Å²) < 4.78 is 29.9. The molecule has 0 radical (unpaired) electrons. The van der Waals surface area contributed by atoms with Crippen molar-refractivity contribution < 1.29 is 8.42 Å². The number of benzene rings is 1. The Morgan fingerprint density at radius 3 is 2.74 bits per heavy atom. The molecule has 0 unspecified atom stereocenters. The molecular weight excluding hydrogens is 386 g/mol. The number of sulfonamides is 1. The van der Waals surface area contributed by atoms with Gasteiger partial charge in [-0.15, -0.1) is 0 Å². The largest absolute Gasteiger partial charge is 0.279 e. The normalized spacial score (nSPS) is 12.0. The lowest BCUT2D eigenvalue weighted by molar-refractivity contribution is 0.600. The fourth-order valence-corrected chi connectivity index (χ4v) is 4.12. The summed E-state index contributed by atoms with van der Waals surface area (Å²) in [4.78, 5) is 8.51. The molecule has 0 aliphatic heterocycles. The predicted octanol–water partition coefficient (Wildman–Crippen LogP) is 3.66. The van der Waals surface area contributed by atoms with Crippen LogP contribution in [-0.4, -0.2) is 28.0 Å². The molecule has 4 aromatic rings. The van der Waals surface area contributed by atoms with Crippen molar-refractivity contribution in [2.24, 2.45) is 0 Å². The van der Waals surface area contributed by atoms with Crippen molar-refractivity contribution >= 4 is 43.9 Å². The van der Waals surface area contributed by atoms with Crippen LogP contribution < -0.4 is 4.72 Å². The van der Waals surface area contributed by atoms with Crippen LogP contribution in [0.4, 0.5) is 5.69 Å². The van der Waals surface area contributed by atoms with Crippen LogP contribution in [0.2, 0.25) is 5.02 Å². The first-order valence-electron chi connectivity index (χ1n) is 8.16. The molecule has 7 nitrogen and oxygen atoms in total. The Labute approximate surface area is 161 Å². The van der Waals surface area contributed by atoms with Crippen molar-refractivity contribution in [3.8, 4) is 0 Å². The van der Waals surface area contributed by atoms with Crippen LogP contribution in [0.5, 0.6) is 0 Å². The molecule has 3 heterocycles. The number of anilines is 1. The lowest BCUT2D eigenvalue weighted by Crippen LogP contribution is -2.15. The third-order valence-electron chi connectivity index (χ3n) is 4.51. The van der Waals surface area contributed by atoms with E-state index in [1.807, 2.05) is 19.9 Å². The van der Waals surface area contributed by atoms with Gasteiger partial charge in [0.25, 0.3) is 10.0 Å². The van der Waals surface area contributed by atoms with Crippen LogP contribution >= 0.6 is 11.6 Å². The van der Waals surface area contributed by atoms with Gasteiger partial charge in [-0.2, -0.15) is 5.10 Å². The number of halogens is 1. The summed E-state index contributed by atoms with van der Waals surface area (Å²) >= 11 is 6.12. The molecule has 138 valence electrons. The third-order valence-corrected chi connectivity index (χ3v) is 6.27. The van der Waals surface area contributed by atoms with E-state index >= 15 is 0 Å². The van der Waals surface area contributed by atoms with Gasteiger partial charge in [-0.05, 0) is 50.1 Å². The fraction of sp³-hybridized carbons (Fsp3) is 0.167. The molecule has 0 atom stereocenters. The van der Waals surface area contributed by atoms with Gasteiger partial charge in [0.05, 0.1) is 29.3 Å². The molecule has 1 aromatic carbocycles. The van der Waals surface area contributed by atoms with Crippen molar-refractivity contribution in [3.05, 3.63) is 58.6 Å². The lowest BCUT2D eigenvalue weighted by atomic mass is 10.0. The first-order chi connectivity index (χ1) is 12.8. The summed E-state index contributed by atoms with van der Waals surface area (Å²) in [5, 5.41) is 5.32. The second-order valence-corrected chi connectivity index (χ2v) is 8.39. The Morgan fingerprint density at radius 1 is 1.19 bits per heavy atom. The van der Waals surface area contributed by atoms with Gasteiger partial charge >= 0.3 is 0 Å². The minimum atomic E-state index is -3.87. The van der Waals surface area contributed by atoms with Crippen LogP contribution in [0.15, 0.2) is 41.7 Å². The van der Waals surface area contributed by atoms with E-state index in [9.17, 15) is 8.42 Å². The van der Waals surface area contributed by atoms with Crippen LogP contribution in [0.25, 0.3) is 16.6 Å². The highest BCUT2D eigenvalue weighted by molar-refractivity contribution is 7.92. The van der Waals surface area contributed by atoms with Crippen molar-refractivity contribution in [3.63, 3.8) is 0 Å². The zero-order valence-electron chi connectivity index (χ0n) is 14.9. The van der Waals surface area contributed by atoms with Gasteiger partial charge < -0.3 is 0 Å². The molecule has 0 saturated carbocycles. The Bertz CT molecular complexity index is 1310. The van der Waals surface area contributed by atoms with Crippen molar-refractivity contribution in [2.75, 3.05) is 4.72 Å². The summed E-state index contributed by atoms with van der Waals surface area (Å²) in [6.45, 7) is 5.62. The highest BCUT2D eigenvalue weighted by Gasteiger charge is 2.20. The molecule has 9 heteroatoms. The molecule has 0 amide bonds. The average Bonchev–Trinajstić information content (AvgIpc) is 2.93. The van der Waals surface area contributed by atoms with Gasteiger partial charge in [-0.3, -0.25) is 9.71 Å². The molecule has 3 aromatic heterocycles. The van der Waals surface area contributed by atoms with E-state index in [4.69, 9.17) is 11.6 Å². The Morgan fingerprint density at radius 2 is 1.96 bits per heavy atom. The molecule has 1 N–H and O–H groups in total. The summed E-state index contributed by atoms with van der Waals surface area (Å²) in [6, 6.07) is 5.42. The molecule has 27 heavy (non-hydrogen) atoms. The van der Waals surface area contributed by atoms with Gasteiger partial charge in [-0.25, -0.2) is 17.9 Å². The maximum Gasteiger partial charge on any atom is 0.264 e. The van der Waals surface area contributed by atoms with Crippen LogP contribution in [0, 0.1) is 20.8 Å². The van der Waals surface area contributed by atoms with E-state index in [1.54, 1.807) is 25.3 Å². The first kappa shape index (κ1) is 17.7. The number of nitrogens with one attached hydrogen (secondary N) is 1. The Balaban J connectivity index is 1.83. The quantitative estimate of drug-likeness (QED) is 0.565. The number of rotatable bonds is 3. The van der Waals surface area contributed by atoms with Gasteiger partial charge in [0.1, 0.15) is 9.92 Å². The summed E-state index contributed by atoms with van der Waals surface area (Å²) in [7, 11) is -3.87. The lowest BCUT2D eigenvalue weighted by Gasteiger charge is -2.13. The topological polar surface area (TPSA) is 89.2 Å². The highest BCUT2D eigenvalue weighted by Crippen LogP contribution is 2.29. The predicted molar refractivity (Wildman–Crippen MR) is 105 cm³/mol. The molecule has 0 saturated heterocycles. The SMILES string of the molecule is Cc1cc(NS(=O)(=O)c2cnc3c(Cl)c(C)nn3c2)c2cccnc2c1C. The van der Waals surface area contributed by atoms with Gasteiger partial charge in [0.2, 0.25) is 0 Å². The number of pyridine rings is 1. The molecule has 0 aliphatic rings. The molecule has 4 rings (SSSR count). The summed E-state index contributed by atoms with van der Waals surface area (Å²) in [6.07, 6.45) is 4.35.